The molecule has 0 amide bonds. The largest absolute Gasteiger partial charge is 0.462 e. The molecule has 0 bridgehead atoms. The van der Waals surface area contributed by atoms with Crippen LogP contribution in [0, 0.1) is 29.6 Å². The molecule has 0 atom stereocenters. The molecule has 0 spiro atoms. The lowest BCUT2D eigenvalue weighted by molar-refractivity contribution is -0.151. The lowest BCUT2D eigenvalue weighted by Crippen LogP contribution is -2.31. The average Bonchev–Trinajstić information content (AvgIpc) is 2.74. The van der Waals surface area contributed by atoms with Gasteiger partial charge in [0, 0.05) is 6.42 Å². The summed E-state index contributed by atoms with van der Waals surface area (Å²) < 4.78 is 5.71. The highest BCUT2D eigenvalue weighted by Gasteiger charge is 2.35. The van der Waals surface area contributed by atoms with Crippen molar-refractivity contribution < 1.29 is 9.53 Å². The highest BCUT2D eigenvalue weighted by atomic mass is 16.5. The molecule has 0 aromatic carbocycles. The van der Waals surface area contributed by atoms with E-state index >= 15 is 0 Å². The fourth-order valence-corrected chi connectivity index (χ4v) is 6.69. The van der Waals surface area contributed by atoms with Gasteiger partial charge in [0.2, 0.25) is 0 Å². The van der Waals surface area contributed by atoms with Crippen LogP contribution in [0.1, 0.15) is 123 Å². The smallest absolute Gasteiger partial charge is 0.306 e. The van der Waals surface area contributed by atoms with Crippen molar-refractivity contribution in [2.75, 3.05) is 0 Å². The van der Waals surface area contributed by atoms with Gasteiger partial charge in [0.25, 0.3) is 0 Å². The molecule has 3 saturated carbocycles. The van der Waals surface area contributed by atoms with E-state index in [0.29, 0.717) is 6.42 Å². The number of carbonyl (C=O) groups is 1. The predicted octanol–water partition coefficient (Wildman–Crippen LogP) is 7.69. The van der Waals surface area contributed by atoms with Gasteiger partial charge in [-0.15, -0.1) is 0 Å². The molecule has 162 valence electrons. The van der Waals surface area contributed by atoms with Crippen LogP contribution in [-0.2, 0) is 9.53 Å². The molecule has 0 saturated heterocycles. The van der Waals surface area contributed by atoms with E-state index in [0.717, 1.165) is 55.3 Å². The Morgan fingerprint density at radius 3 is 1.61 bits per heavy atom. The summed E-state index contributed by atoms with van der Waals surface area (Å²) in [4.78, 5) is 11.9. The number of rotatable bonds is 8. The maximum absolute atomic E-state index is 11.9. The Hall–Kier alpha value is -0.530. The van der Waals surface area contributed by atoms with E-state index in [1.165, 1.54) is 77.0 Å². The standard InChI is InChI=1S/C26H46O2/c1-3-5-7-26(27)28-25-18-16-24(17-19-25)23-14-12-22(13-15-23)21-10-8-20(6-4-2)9-11-21/h20-25H,3-19H2,1-2H3/t20-,21-,22-,23-,24-,25-. The first-order chi connectivity index (χ1) is 13.7. The SMILES string of the molecule is CCCCC(=O)O[C@H]1CC[C@H]([C@H]2CC[C@H]([C@H]3CC[C@H](CCC)CC3)CC2)CC1. The summed E-state index contributed by atoms with van der Waals surface area (Å²) >= 11 is 0. The zero-order valence-electron chi connectivity index (χ0n) is 18.8. The van der Waals surface area contributed by atoms with E-state index < -0.39 is 0 Å². The quantitative estimate of drug-likeness (QED) is 0.397. The highest BCUT2D eigenvalue weighted by molar-refractivity contribution is 5.69. The van der Waals surface area contributed by atoms with E-state index in [9.17, 15) is 4.79 Å². The van der Waals surface area contributed by atoms with E-state index in [1.54, 1.807) is 0 Å². The third kappa shape index (κ3) is 6.49. The molecule has 3 fully saturated rings. The van der Waals surface area contributed by atoms with Crippen molar-refractivity contribution in [2.24, 2.45) is 29.6 Å². The van der Waals surface area contributed by atoms with Crippen molar-refractivity contribution in [1.29, 1.82) is 0 Å². The second-order valence-electron chi connectivity index (χ2n) is 10.4. The zero-order chi connectivity index (χ0) is 19.8. The van der Waals surface area contributed by atoms with Crippen molar-refractivity contribution in [3.63, 3.8) is 0 Å². The van der Waals surface area contributed by atoms with Gasteiger partial charge in [-0.3, -0.25) is 4.79 Å². The van der Waals surface area contributed by atoms with E-state index in [-0.39, 0.29) is 12.1 Å². The van der Waals surface area contributed by atoms with Crippen molar-refractivity contribution in [2.45, 2.75) is 129 Å². The monoisotopic (exact) mass is 390 g/mol. The predicted molar refractivity (Wildman–Crippen MR) is 117 cm³/mol. The molecule has 0 heterocycles. The van der Waals surface area contributed by atoms with Gasteiger partial charge in [-0.05, 0) is 100 Å². The summed E-state index contributed by atoms with van der Waals surface area (Å²) in [5.74, 6) is 5.04. The molecule has 3 rings (SSSR count). The Labute approximate surface area is 174 Å². The summed E-state index contributed by atoms with van der Waals surface area (Å²) in [6, 6.07) is 0. The molecule has 0 unspecified atom stereocenters. The van der Waals surface area contributed by atoms with E-state index in [1.807, 2.05) is 0 Å². The van der Waals surface area contributed by atoms with Gasteiger partial charge >= 0.3 is 5.97 Å². The molecule has 0 aliphatic heterocycles. The van der Waals surface area contributed by atoms with Crippen LogP contribution >= 0.6 is 0 Å². The van der Waals surface area contributed by atoms with Crippen molar-refractivity contribution in [3.05, 3.63) is 0 Å². The molecule has 0 aromatic heterocycles. The minimum absolute atomic E-state index is 0.0412. The molecule has 2 nitrogen and oxygen atoms in total. The fourth-order valence-electron chi connectivity index (χ4n) is 6.69. The summed E-state index contributed by atoms with van der Waals surface area (Å²) in [5, 5.41) is 0. The number of hydrogen-bond donors (Lipinski definition) is 0. The Morgan fingerprint density at radius 2 is 1.14 bits per heavy atom. The summed E-state index contributed by atoms with van der Waals surface area (Å²) in [5.41, 5.74) is 0. The number of unbranched alkanes of at least 4 members (excludes halogenated alkanes) is 1. The lowest BCUT2D eigenvalue weighted by atomic mass is 9.65. The van der Waals surface area contributed by atoms with Gasteiger partial charge < -0.3 is 4.74 Å². The minimum atomic E-state index is 0.0412. The van der Waals surface area contributed by atoms with Crippen molar-refractivity contribution in [3.8, 4) is 0 Å². The first-order valence-electron chi connectivity index (χ1n) is 12.9. The third-order valence-electron chi connectivity index (χ3n) is 8.49. The van der Waals surface area contributed by atoms with Crippen LogP contribution in [0.4, 0.5) is 0 Å². The number of hydrogen-bond acceptors (Lipinski definition) is 2. The molecule has 28 heavy (non-hydrogen) atoms. The van der Waals surface area contributed by atoms with Crippen LogP contribution in [0.15, 0.2) is 0 Å². The molecule has 0 radical (unpaired) electrons. The molecule has 2 heteroatoms. The van der Waals surface area contributed by atoms with Gasteiger partial charge in [0.1, 0.15) is 6.10 Å². The second-order valence-corrected chi connectivity index (χ2v) is 10.4. The number of esters is 1. The number of carbonyl (C=O) groups excluding carboxylic acids is 1. The highest BCUT2D eigenvalue weighted by Crippen LogP contribution is 2.45. The molecule has 0 N–H and O–H groups in total. The number of ether oxygens (including phenoxy) is 1. The van der Waals surface area contributed by atoms with Gasteiger partial charge in [0.05, 0.1) is 0 Å². The summed E-state index contributed by atoms with van der Waals surface area (Å²) in [7, 11) is 0. The molecular formula is C26H46O2. The maximum atomic E-state index is 11.9. The molecule has 3 aliphatic carbocycles. The molecule has 3 aliphatic rings. The van der Waals surface area contributed by atoms with Gasteiger partial charge in [0.15, 0.2) is 0 Å². The minimum Gasteiger partial charge on any atom is -0.462 e. The van der Waals surface area contributed by atoms with E-state index in [2.05, 4.69) is 13.8 Å². The van der Waals surface area contributed by atoms with Crippen LogP contribution in [0.5, 0.6) is 0 Å². The van der Waals surface area contributed by atoms with Gasteiger partial charge in [-0.1, -0.05) is 46.0 Å². The van der Waals surface area contributed by atoms with Gasteiger partial charge in [-0.2, -0.15) is 0 Å². The molecule has 0 aromatic rings. The second kappa shape index (κ2) is 11.6. The Kier molecular flexibility index (Phi) is 9.18. The fraction of sp³-hybridized carbons (Fsp3) is 0.962. The van der Waals surface area contributed by atoms with Crippen molar-refractivity contribution in [1.82, 2.24) is 0 Å². The van der Waals surface area contributed by atoms with Crippen LogP contribution in [-0.4, -0.2) is 12.1 Å². The summed E-state index contributed by atoms with van der Waals surface area (Å²) in [6.45, 7) is 4.47. The average molecular weight is 391 g/mol. The summed E-state index contributed by atoms with van der Waals surface area (Å²) in [6.07, 6.45) is 22.6. The molecular weight excluding hydrogens is 344 g/mol. The third-order valence-corrected chi connectivity index (χ3v) is 8.49. The van der Waals surface area contributed by atoms with E-state index in [4.69, 9.17) is 4.74 Å². The normalized spacial score (nSPS) is 36.8. The Morgan fingerprint density at radius 1 is 0.679 bits per heavy atom. The van der Waals surface area contributed by atoms with Crippen LogP contribution < -0.4 is 0 Å². The Balaban J connectivity index is 1.32. The van der Waals surface area contributed by atoms with Crippen LogP contribution in [0.25, 0.3) is 0 Å². The first kappa shape index (κ1) is 22.2. The van der Waals surface area contributed by atoms with Crippen LogP contribution in [0.3, 0.4) is 0 Å². The van der Waals surface area contributed by atoms with Gasteiger partial charge in [-0.25, -0.2) is 0 Å². The van der Waals surface area contributed by atoms with Crippen LogP contribution in [0.2, 0.25) is 0 Å². The zero-order valence-corrected chi connectivity index (χ0v) is 18.8. The lowest BCUT2D eigenvalue weighted by Gasteiger charge is -2.41. The Bertz CT molecular complexity index is 435. The topological polar surface area (TPSA) is 26.3 Å². The van der Waals surface area contributed by atoms with Crippen molar-refractivity contribution >= 4 is 5.97 Å². The maximum Gasteiger partial charge on any atom is 0.306 e. The first-order valence-corrected chi connectivity index (χ1v) is 12.9.